The van der Waals surface area contributed by atoms with E-state index >= 15 is 0 Å². The van der Waals surface area contributed by atoms with Crippen LogP contribution in [-0.2, 0) is 6.54 Å². The first-order chi connectivity index (χ1) is 12.5. The fraction of sp³-hybridized carbons (Fsp3) is 0.444. The fourth-order valence-corrected chi connectivity index (χ4v) is 3.33. The molecule has 1 fully saturated rings. The van der Waals surface area contributed by atoms with Crippen molar-refractivity contribution in [2.75, 3.05) is 22.6 Å². The van der Waals surface area contributed by atoms with Gasteiger partial charge in [-0.3, -0.25) is 4.68 Å². The van der Waals surface area contributed by atoms with Gasteiger partial charge in [0.15, 0.2) is 0 Å². The van der Waals surface area contributed by atoms with Gasteiger partial charge in [-0.05, 0) is 25.0 Å². The number of urea groups is 1. The molecule has 26 heavy (non-hydrogen) atoms. The predicted molar refractivity (Wildman–Crippen MR) is 98.0 cm³/mol. The number of hydrogen-bond donors (Lipinski definition) is 2. The first-order valence-corrected chi connectivity index (χ1v) is 8.73. The Hall–Kier alpha value is -2.64. The van der Waals surface area contributed by atoms with Gasteiger partial charge < -0.3 is 15.5 Å². The maximum Gasteiger partial charge on any atom is 0.323 e. The highest BCUT2D eigenvalue weighted by Crippen LogP contribution is 2.31. The molecule has 1 aromatic carbocycles. The normalized spacial score (nSPS) is 14.6. The number of carbonyl (C=O) groups is 1. The molecule has 8 heteroatoms. The number of alkyl halides is 2. The van der Waals surface area contributed by atoms with Gasteiger partial charge in [-0.15, -0.1) is 0 Å². The quantitative estimate of drug-likeness (QED) is 0.810. The van der Waals surface area contributed by atoms with E-state index in [2.05, 4.69) is 20.6 Å². The molecule has 140 valence electrons. The summed E-state index contributed by atoms with van der Waals surface area (Å²) in [5, 5.41) is 9.26. The number of aromatic nitrogens is 2. The lowest BCUT2D eigenvalue weighted by Crippen LogP contribution is -2.30. The molecule has 6 nitrogen and oxygen atoms in total. The summed E-state index contributed by atoms with van der Waals surface area (Å²) < 4.78 is 25.8. The Bertz CT molecular complexity index is 743. The van der Waals surface area contributed by atoms with Crippen LogP contribution in [0.25, 0.3) is 0 Å². The van der Waals surface area contributed by atoms with E-state index in [9.17, 15) is 13.6 Å². The molecule has 0 aliphatic heterocycles. The van der Waals surface area contributed by atoms with Gasteiger partial charge in [-0.2, -0.15) is 5.10 Å². The van der Waals surface area contributed by atoms with E-state index in [1.807, 2.05) is 31.3 Å². The Morgan fingerprint density at radius 3 is 2.77 bits per heavy atom. The van der Waals surface area contributed by atoms with Crippen molar-refractivity contribution in [3.05, 3.63) is 36.7 Å². The van der Waals surface area contributed by atoms with Crippen molar-refractivity contribution in [3.8, 4) is 0 Å². The van der Waals surface area contributed by atoms with Crippen LogP contribution in [0, 0.1) is 0 Å². The number of benzene rings is 1. The standard InChI is InChI=1S/C18H23F2N5O/c1-24(14-6-2-3-7-14)16-9-5-4-8-15(16)23-18(26)22-13-10-21-25(11-13)12-17(19)20/h4-5,8-11,14,17H,2-3,6-7,12H2,1H3,(H2,22,23,26). The first kappa shape index (κ1) is 18.2. The Labute approximate surface area is 151 Å². The minimum atomic E-state index is -2.49. The number of nitrogens with one attached hydrogen (secondary N) is 2. The van der Waals surface area contributed by atoms with E-state index in [1.165, 1.54) is 25.2 Å². The lowest BCUT2D eigenvalue weighted by Gasteiger charge is -2.28. The molecule has 1 heterocycles. The Balaban J connectivity index is 1.65. The summed E-state index contributed by atoms with van der Waals surface area (Å²) in [6.45, 7) is -0.502. The summed E-state index contributed by atoms with van der Waals surface area (Å²) in [5.74, 6) is 0. The highest BCUT2D eigenvalue weighted by atomic mass is 19.3. The summed E-state index contributed by atoms with van der Waals surface area (Å²) in [7, 11) is 2.04. The summed E-state index contributed by atoms with van der Waals surface area (Å²) in [4.78, 5) is 14.5. The number of halogens is 2. The zero-order valence-corrected chi connectivity index (χ0v) is 14.7. The van der Waals surface area contributed by atoms with E-state index in [4.69, 9.17) is 0 Å². The highest BCUT2D eigenvalue weighted by Gasteiger charge is 2.22. The van der Waals surface area contributed by atoms with Crippen LogP contribution in [-0.4, -0.2) is 35.3 Å². The Kier molecular flexibility index (Phi) is 5.70. The number of anilines is 3. The second kappa shape index (κ2) is 8.16. The molecule has 0 bridgehead atoms. The van der Waals surface area contributed by atoms with Crippen LogP contribution < -0.4 is 15.5 Å². The lowest BCUT2D eigenvalue weighted by atomic mass is 10.1. The fourth-order valence-electron chi connectivity index (χ4n) is 3.33. The van der Waals surface area contributed by atoms with Gasteiger partial charge in [0.25, 0.3) is 6.43 Å². The highest BCUT2D eigenvalue weighted by molar-refractivity contribution is 6.01. The molecule has 3 rings (SSSR count). The maximum atomic E-state index is 12.4. The third kappa shape index (κ3) is 4.50. The molecular weight excluding hydrogens is 340 g/mol. The van der Waals surface area contributed by atoms with Crippen molar-refractivity contribution in [1.29, 1.82) is 0 Å². The summed E-state index contributed by atoms with van der Waals surface area (Å²) in [6.07, 6.45) is 5.00. The third-order valence-electron chi connectivity index (χ3n) is 4.62. The summed E-state index contributed by atoms with van der Waals surface area (Å²) in [5.41, 5.74) is 2.03. The Morgan fingerprint density at radius 1 is 1.31 bits per heavy atom. The smallest absolute Gasteiger partial charge is 0.323 e. The van der Waals surface area contributed by atoms with Crippen LogP contribution in [0.15, 0.2) is 36.7 Å². The van der Waals surface area contributed by atoms with Gasteiger partial charge in [-0.1, -0.05) is 25.0 Å². The number of amides is 2. The second-order valence-electron chi connectivity index (χ2n) is 6.49. The predicted octanol–water partition coefficient (Wildman–Crippen LogP) is 4.17. The molecule has 1 aliphatic carbocycles. The van der Waals surface area contributed by atoms with Gasteiger partial charge in [0.2, 0.25) is 0 Å². The molecular formula is C18H23F2N5O. The van der Waals surface area contributed by atoms with Gasteiger partial charge in [0, 0.05) is 19.3 Å². The third-order valence-corrected chi connectivity index (χ3v) is 4.62. The van der Waals surface area contributed by atoms with Crippen molar-refractivity contribution in [3.63, 3.8) is 0 Å². The average Bonchev–Trinajstić information content (AvgIpc) is 3.26. The van der Waals surface area contributed by atoms with Gasteiger partial charge in [0.1, 0.15) is 6.54 Å². The summed E-state index contributed by atoms with van der Waals surface area (Å²) in [6, 6.07) is 7.68. The number of hydrogen-bond acceptors (Lipinski definition) is 3. The molecule has 2 amide bonds. The molecule has 1 aromatic heterocycles. The summed E-state index contributed by atoms with van der Waals surface area (Å²) >= 11 is 0. The van der Waals surface area contributed by atoms with E-state index in [0.29, 0.717) is 17.4 Å². The van der Waals surface area contributed by atoms with Crippen LogP contribution in [0.3, 0.4) is 0 Å². The topological polar surface area (TPSA) is 62.2 Å². The first-order valence-electron chi connectivity index (χ1n) is 8.73. The van der Waals surface area contributed by atoms with Crippen LogP contribution in [0.5, 0.6) is 0 Å². The van der Waals surface area contributed by atoms with Gasteiger partial charge in [-0.25, -0.2) is 13.6 Å². The minimum Gasteiger partial charge on any atom is -0.370 e. The molecule has 0 spiro atoms. The van der Waals surface area contributed by atoms with Crippen molar-refractivity contribution in [2.24, 2.45) is 0 Å². The van der Waals surface area contributed by atoms with Crippen LogP contribution in [0.4, 0.5) is 30.6 Å². The molecule has 0 radical (unpaired) electrons. The second-order valence-corrected chi connectivity index (χ2v) is 6.49. The zero-order chi connectivity index (χ0) is 18.5. The Morgan fingerprint density at radius 2 is 2.04 bits per heavy atom. The molecule has 0 saturated heterocycles. The van der Waals surface area contributed by atoms with Gasteiger partial charge in [0.05, 0.1) is 23.3 Å². The van der Waals surface area contributed by atoms with E-state index in [-0.39, 0.29) is 0 Å². The maximum absolute atomic E-state index is 12.4. The van der Waals surface area contributed by atoms with E-state index in [0.717, 1.165) is 23.2 Å². The van der Waals surface area contributed by atoms with Gasteiger partial charge >= 0.3 is 6.03 Å². The molecule has 1 aliphatic rings. The monoisotopic (exact) mass is 363 g/mol. The van der Waals surface area contributed by atoms with Crippen LogP contribution in [0.2, 0.25) is 0 Å². The molecule has 2 N–H and O–H groups in total. The number of carbonyl (C=O) groups excluding carboxylic acids is 1. The average molecular weight is 363 g/mol. The SMILES string of the molecule is CN(c1ccccc1NC(=O)Nc1cnn(CC(F)F)c1)C1CCCC1. The zero-order valence-electron chi connectivity index (χ0n) is 14.7. The van der Waals surface area contributed by atoms with Crippen molar-refractivity contribution in [2.45, 2.75) is 44.7 Å². The molecule has 1 saturated carbocycles. The van der Waals surface area contributed by atoms with Crippen molar-refractivity contribution < 1.29 is 13.6 Å². The molecule has 2 aromatic rings. The van der Waals surface area contributed by atoms with Crippen LogP contribution in [0.1, 0.15) is 25.7 Å². The van der Waals surface area contributed by atoms with Crippen LogP contribution >= 0.6 is 0 Å². The largest absolute Gasteiger partial charge is 0.370 e. The van der Waals surface area contributed by atoms with E-state index in [1.54, 1.807) is 0 Å². The number of para-hydroxylation sites is 2. The minimum absolute atomic E-state index is 0.366. The molecule has 0 unspecified atom stereocenters. The van der Waals surface area contributed by atoms with E-state index < -0.39 is 19.0 Å². The van der Waals surface area contributed by atoms with Crippen molar-refractivity contribution >= 4 is 23.1 Å². The lowest BCUT2D eigenvalue weighted by molar-refractivity contribution is 0.122. The number of nitrogens with zero attached hydrogens (tertiary/aromatic N) is 3. The number of rotatable bonds is 6. The molecule has 0 atom stereocenters. The van der Waals surface area contributed by atoms with Crippen molar-refractivity contribution in [1.82, 2.24) is 9.78 Å².